The minimum absolute atomic E-state index is 0.0862. The quantitative estimate of drug-likeness (QED) is 0.725. The second-order valence-corrected chi connectivity index (χ2v) is 7.47. The molecule has 0 saturated heterocycles. The Morgan fingerprint density at radius 3 is 2.59 bits per heavy atom. The van der Waals surface area contributed by atoms with Gasteiger partial charge in [-0.2, -0.15) is 0 Å². The highest BCUT2D eigenvalue weighted by atomic mass is 32.2. The summed E-state index contributed by atoms with van der Waals surface area (Å²) < 4.78 is 28.9. The van der Waals surface area contributed by atoms with Gasteiger partial charge in [0.15, 0.2) is 9.84 Å². The van der Waals surface area contributed by atoms with E-state index in [9.17, 15) is 13.2 Å². The van der Waals surface area contributed by atoms with E-state index in [0.29, 0.717) is 5.92 Å². The van der Waals surface area contributed by atoms with Crippen LogP contribution in [0.4, 0.5) is 0 Å². The second kappa shape index (κ2) is 5.85. The van der Waals surface area contributed by atoms with E-state index >= 15 is 0 Å². The van der Waals surface area contributed by atoms with Crippen LogP contribution in [0.3, 0.4) is 0 Å². The van der Waals surface area contributed by atoms with Crippen LogP contribution in [0.2, 0.25) is 0 Å². The highest BCUT2D eigenvalue weighted by molar-refractivity contribution is 7.92. The molecule has 0 heterocycles. The second-order valence-electron chi connectivity index (χ2n) is 5.15. The summed E-state index contributed by atoms with van der Waals surface area (Å²) in [6.07, 6.45) is 3.55. The summed E-state index contributed by atoms with van der Waals surface area (Å²) in [6.45, 7) is 3.70. The minimum atomic E-state index is -3.17. The van der Waals surface area contributed by atoms with Crippen molar-refractivity contribution >= 4 is 15.8 Å². The molecule has 0 N–H and O–H groups in total. The Kier molecular flexibility index (Phi) is 4.98. The van der Waals surface area contributed by atoms with Crippen molar-refractivity contribution in [2.45, 2.75) is 44.8 Å². The largest absolute Gasteiger partial charge is 0.469 e. The van der Waals surface area contributed by atoms with Crippen molar-refractivity contribution in [1.82, 2.24) is 0 Å². The van der Waals surface area contributed by atoms with Crippen LogP contribution in [0.1, 0.15) is 39.5 Å². The maximum absolute atomic E-state index is 12.2. The Balaban J connectivity index is 2.64. The van der Waals surface area contributed by atoms with Crippen LogP contribution in [0, 0.1) is 11.8 Å². The number of sulfone groups is 1. The average molecular weight is 262 g/mol. The van der Waals surface area contributed by atoms with Crippen LogP contribution >= 0.6 is 0 Å². The molecule has 0 radical (unpaired) electrons. The molecule has 1 rings (SSSR count). The van der Waals surface area contributed by atoms with Gasteiger partial charge in [0.25, 0.3) is 0 Å². The summed E-state index contributed by atoms with van der Waals surface area (Å²) >= 11 is 0. The molecule has 1 aliphatic rings. The van der Waals surface area contributed by atoms with Gasteiger partial charge in [0.2, 0.25) is 0 Å². The lowest BCUT2D eigenvalue weighted by Gasteiger charge is -2.27. The van der Waals surface area contributed by atoms with Gasteiger partial charge in [-0.05, 0) is 18.8 Å². The van der Waals surface area contributed by atoms with Gasteiger partial charge in [-0.3, -0.25) is 4.79 Å². The van der Waals surface area contributed by atoms with E-state index in [1.807, 2.05) is 0 Å². The molecule has 0 aromatic carbocycles. The number of methoxy groups -OCH3 is 1. The van der Waals surface area contributed by atoms with Crippen LogP contribution in [-0.4, -0.2) is 32.5 Å². The van der Waals surface area contributed by atoms with Gasteiger partial charge in [-0.15, -0.1) is 0 Å². The SMILES string of the molecule is COC(=O)C(C)CS(=O)(=O)C1CCCC(C)C1. The zero-order chi connectivity index (χ0) is 13.1. The van der Waals surface area contributed by atoms with Gasteiger partial charge in [0.1, 0.15) is 0 Å². The molecule has 1 saturated carbocycles. The standard InChI is InChI=1S/C12H22O4S/c1-9-5-4-6-11(7-9)17(14,15)8-10(2)12(13)16-3/h9-11H,4-8H2,1-3H3. The van der Waals surface area contributed by atoms with Crippen molar-refractivity contribution in [2.24, 2.45) is 11.8 Å². The van der Waals surface area contributed by atoms with Crippen LogP contribution < -0.4 is 0 Å². The number of esters is 1. The van der Waals surface area contributed by atoms with Crippen molar-refractivity contribution in [3.05, 3.63) is 0 Å². The molecule has 17 heavy (non-hydrogen) atoms. The van der Waals surface area contributed by atoms with Crippen LogP contribution in [0.25, 0.3) is 0 Å². The highest BCUT2D eigenvalue weighted by Crippen LogP contribution is 2.29. The molecule has 3 unspecified atom stereocenters. The lowest BCUT2D eigenvalue weighted by molar-refractivity contribution is -0.144. The number of carbonyl (C=O) groups is 1. The van der Waals surface area contributed by atoms with E-state index in [1.54, 1.807) is 6.92 Å². The monoisotopic (exact) mass is 262 g/mol. The Bertz CT molecular complexity index is 361. The molecular formula is C12H22O4S. The van der Waals surface area contributed by atoms with Crippen LogP contribution in [-0.2, 0) is 19.4 Å². The third kappa shape index (κ3) is 3.98. The molecule has 5 heteroatoms. The number of hydrogen-bond donors (Lipinski definition) is 0. The van der Waals surface area contributed by atoms with E-state index in [0.717, 1.165) is 25.7 Å². The predicted octanol–water partition coefficient (Wildman–Crippen LogP) is 1.79. The van der Waals surface area contributed by atoms with Gasteiger partial charge in [-0.1, -0.05) is 26.7 Å². The molecule has 100 valence electrons. The number of rotatable bonds is 4. The third-order valence-corrected chi connectivity index (χ3v) is 5.89. The van der Waals surface area contributed by atoms with Gasteiger partial charge in [0.05, 0.1) is 24.0 Å². The first-order valence-corrected chi connectivity index (χ1v) is 7.87. The first-order chi connectivity index (χ1) is 7.86. The van der Waals surface area contributed by atoms with Gasteiger partial charge in [0, 0.05) is 0 Å². The lowest BCUT2D eigenvalue weighted by atomic mass is 9.91. The normalized spacial score (nSPS) is 27.5. The maximum Gasteiger partial charge on any atom is 0.309 e. The highest BCUT2D eigenvalue weighted by Gasteiger charge is 2.32. The zero-order valence-electron chi connectivity index (χ0n) is 10.8. The molecule has 1 aliphatic carbocycles. The number of ether oxygens (including phenoxy) is 1. The van der Waals surface area contributed by atoms with Gasteiger partial charge >= 0.3 is 5.97 Å². The molecule has 0 aromatic heterocycles. The summed E-state index contributed by atoms with van der Waals surface area (Å²) in [4.78, 5) is 11.2. The first kappa shape index (κ1) is 14.5. The fraction of sp³-hybridized carbons (Fsp3) is 0.917. The minimum Gasteiger partial charge on any atom is -0.469 e. The van der Waals surface area contributed by atoms with Crippen LogP contribution in [0.15, 0.2) is 0 Å². The zero-order valence-corrected chi connectivity index (χ0v) is 11.6. The predicted molar refractivity (Wildman–Crippen MR) is 66.4 cm³/mol. The molecular weight excluding hydrogens is 240 g/mol. The summed E-state index contributed by atoms with van der Waals surface area (Å²) in [6, 6.07) is 0. The molecule has 4 nitrogen and oxygen atoms in total. The van der Waals surface area contributed by atoms with E-state index in [2.05, 4.69) is 11.7 Å². The van der Waals surface area contributed by atoms with E-state index < -0.39 is 21.7 Å². The molecule has 0 amide bonds. The molecule has 1 fully saturated rings. The Labute approximate surface area is 104 Å². The Hall–Kier alpha value is -0.580. The summed E-state index contributed by atoms with van der Waals surface area (Å²) in [7, 11) is -1.89. The van der Waals surface area contributed by atoms with Crippen molar-refractivity contribution < 1.29 is 17.9 Å². The maximum atomic E-state index is 12.2. The fourth-order valence-electron chi connectivity index (χ4n) is 2.46. The van der Waals surface area contributed by atoms with Gasteiger partial charge in [-0.25, -0.2) is 8.42 Å². The molecule has 0 aliphatic heterocycles. The third-order valence-electron chi connectivity index (χ3n) is 3.48. The van der Waals surface area contributed by atoms with E-state index in [4.69, 9.17) is 0 Å². The Morgan fingerprint density at radius 1 is 1.41 bits per heavy atom. The molecule has 0 bridgehead atoms. The number of hydrogen-bond acceptors (Lipinski definition) is 4. The van der Waals surface area contributed by atoms with Crippen molar-refractivity contribution in [1.29, 1.82) is 0 Å². The summed E-state index contributed by atoms with van der Waals surface area (Å²) in [5.74, 6) is -0.631. The number of carbonyl (C=O) groups excluding carboxylic acids is 1. The van der Waals surface area contributed by atoms with Crippen molar-refractivity contribution in [3.8, 4) is 0 Å². The van der Waals surface area contributed by atoms with Gasteiger partial charge < -0.3 is 4.74 Å². The smallest absolute Gasteiger partial charge is 0.309 e. The summed E-state index contributed by atoms with van der Waals surface area (Å²) in [5, 5.41) is -0.265. The first-order valence-electron chi connectivity index (χ1n) is 6.16. The van der Waals surface area contributed by atoms with Crippen molar-refractivity contribution in [3.63, 3.8) is 0 Å². The lowest BCUT2D eigenvalue weighted by Crippen LogP contribution is -2.33. The van der Waals surface area contributed by atoms with E-state index in [-0.39, 0.29) is 11.0 Å². The van der Waals surface area contributed by atoms with E-state index in [1.165, 1.54) is 7.11 Å². The molecule has 3 atom stereocenters. The average Bonchev–Trinajstić information content (AvgIpc) is 2.27. The fourth-order valence-corrected chi connectivity index (χ4v) is 4.71. The molecule has 0 aromatic rings. The molecule has 0 spiro atoms. The Morgan fingerprint density at radius 2 is 2.06 bits per heavy atom. The topological polar surface area (TPSA) is 60.4 Å². The van der Waals surface area contributed by atoms with Crippen molar-refractivity contribution in [2.75, 3.05) is 12.9 Å². The summed E-state index contributed by atoms with van der Waals surface area (Å²) in [5.41, 5.74) is 0. The van der Waals surface area contributed by atoms with Crippen LogP contribution in [0.5, 0.6) is 0 Å².